The van der Waals surface area contributed by atoms with Crippen LogP contribution in [0.5, 0.6) is 0 Å². The first kappa shape index (κ1) is 16.0. The van der Waals surface area contributed by atoms with Gasteiger partial charge in [0.15, 0.2) is 5.82 Å². The van der Waals surface area contributed by atoms with Crippen LogP contribution in [0.3, 0.4) is 0 Å². The number of aromatic nitrogens is 3. The lowest BCUT2D eigenvalue weighted by molar-refractivity contribution is 0.0787. The van der Waals surface area contributed by atoms with E-state index in [0.29, 0.717) is 17.6 Å². The van der Waals surface area contributed by atoms with E-state index in [1.54, 1.807) is 23.7 Å². The number of hydrogen-bond acceptors (Lipinski definition) is 6. The van der Waals surface area contributed by atoms with Gasteiger partial charge in [-0.25, -0.2) is 0 Å². The second-order valence-corrected chi connectivity index (χ2v) is 6.99. The Morgan fingerprint density at radius 1 is 1.40 bits per heavy atom. The summed E-state index contributed by atoms with van der Waals surface area (Å²) in [5, 5.41) is 7.91. The summed E-state index contributed by atoms with van der Waals surface area (Å²) >= 11 is 1.56. The molecule has 0 aliphatic carbocycles. The molecule has 0 spiro atoms. The standard InChI is InChI=1S/C18H18N4O2S/c23-18(15-6-9-25-12-15)22-8-5-13(11-22)3-4-16-20-17(24-21-16)14-2-1-7-19-10-14/h1-2,6-7,9-10,12-13H,3-5,8,11H2. The largest absolute Gasteiger partial charge is 0.338 e. The Labute approximate surface area is 149 Å². The number of amides is 1. The zero-order valence-corrected chi connectivity index (χ0v) is 14.5. The van der Waals surface area contributed by atoms with Gasteiger partial charge in [-0.15, -0.1) is 0 Å². The Bertz CT molecular complexity index is 832. The van der Waals surface area contributed by atoms with E-state index in [1.807, 2.05) is 33.9 Å². The Balaban J connectivity index is 1.31. The fourth-order valence-corrected chi connectivity index (χ4v) is 3.75. The van der Waals surface area contributed by atoms with Crippen LogP contribution in [0.4, 0.5) is 0 Å². The highest BCUT2D eigenvalue weighted by atomic mass is 32.1. The maximum absolute atomic E-state index is 12.4. The van der Waals surface area contributed by atoms with Crippen molar-refractivity contribution < 1.29 is 9.32 Å². The third-order valence-electron chi connectivity index (χ3n) is 4.49. The molecule has 1 aliphatic rings. The monoisotopic (exact) mass is 354 g/mol. The fourth-order valence-electron chi connectivity index (χ4n) is 3.12. The van der Waals surface area contributed by atoms with E-state index in [2.05, 4.69) is 15.1 Å². The molecule has 1 atom stereocenters. The van der Waals surface area contributed by atoms with E-state index in [-0.39, 0.29) is 5.91 Å². The van der Waals surface area contributed by atoms with Crippen LogP contribution in [0.1, 0.15) is 29.0 Å². The predicted molar refractivity (Wildman–Crippen MR) is 94.2 cm³/mol. The second kappa shape index (κ2) is 7.14. The van der Waals surface area contributed by atoms with E-state index in [0.717, 1.165) is 43.5 Å². The molecule has 1 fully saturated rings. The third kappa shape index (κ3) is 3.61. The number of likely N-dealkylation sites (tertiary alicyclic amines) is 1. The van der Waals surface area contributed by atoms with Gasteiger partial charge in [-0.05, 0) is 42.3 Å². The molecule has 6 nitrogen and oxygen atoms in total. The molecule has 1 unspecified atom stereocenters. The highest BCUT2D eigenvalue weighted by Gasteiger charge is 2.27. The van der Waals surface area contributed by atoms with Gasteiger partial charge >= 0.3 is 0 Å². The van der Waals surface area contributed by atoms with Gasteiger partial charge in [0.25, 0.3) is 11.8 Å². The van der Waals surface area contributed by atoms with Gasteiger partial charge in [0.05, 0.1) is 11.1 Å². The van der Waals surface area contributed by atoms with Crippen molar-refractivity contribution in [1.82, 2.24) is 20.0 Å². The quantitative estimate of drug-likeness (QED) is 0.703. The van der Waals surface area contributed by atoms with Gasteiger partial charge in [0.2, 0.25) is 0 Å². The Morgan fingerprint density at radius 2 is 2.36 bits per heavy atom. The van der Waals surface area contributed by atoms with Gasteiger partial charge in [0.1, 0.15) is 0 Å². The molecule has 0 radical (unpaired) electrons. The van der Waals surface area contributed by atoms with Crippen molar-refractivity contribution in [3.05, 3.63) is 52.7 Å². The van der Waals surface area contributed by atoms with E-state index in [4.69, 9.17) is 4.52 Å². The SMILES string of the molecule is O=C(c1ccsc1)N1CCC(CCc2noc(-c3cccnc3)n2)C1. The minimum atomic E-state index is 0.141. The number of rotatable bonds is 5. The van der Waals surface area contributed by atoms with Crippen LogP contribution in [0, 0.1) is 5.92 Å². The van der Waals surface area contributed by atoms with E-state index < -0.39 is 0 Å². The molecule has 1 aliphatic heterocycles. The molecule has 128 valence electrons. The number of carbonyl (C=O) groups excluding carboxylic acids is 1. The van der Waals surface area contributed by atoms with Crippen LogP contribution >= 0.6 is 11.3 Å². The van der Waals surface area contributed by atoms with Gasteiger partial charge in [-0.1, -0.05) is 5.16 Å². The van der Waals surface area contributed by atoms with Crippen LogP contribution in [0.2, 0.25) is 0 Å². The zero-order valence-electron chi connectivity index (χ0n) is 13.7. The van der Waals surface area contributed by atoms with E-state index in [1.165, 1.54) is 0 Å². The van der Waals surface area contributed by atoms with Crippen LogP contribution in [-0.4, -0.2) is 39.0 Å². The summed E-state index contributed by atoms with van der Waals surface area (Å²) in [6.07, 6.45) is 6.17. The summed E-state index contributed by atoms with van der Waals surface area (Å²) in [4.78, 5) is 22.8. The van der Waals surface area contributed by atoms with Crippen molar-refractivity contribution in [2.24, 2.45) is 5.92 Å². The highest BCUT2D eigenvalue weighted by molar-refractivity contribution is 7.08. The Kier molecular flexibility index (Phi) is 4.56. The predicted octanol–water partition coefficient (Wildman–Crippen LogP) is 3.29. The molecule has 0 saturated carbocycles. The molecule has 0 bridgehead atoms. The molecule has 0 N–H and O–H groups in total. The van der Waals surface area contributed by atoms with Gasteiger partial charge in [-0.3, -0.25) is 9.78 Å². The molecular weight excluding hydrogens is 336 g/mol. The molecule has 25 heavy (non-hydrogen) atoms. The van der Waals surface area contributed by atoms with Crippen molar-refractivity contribution in [1.29, 1.82) is 0 Å². The van der Waals surface area contributed by atoms with Crippen molar-refractivity contribution in [3.8, 4) is 11.5 Å². The molecule has 1 saturated heterocycles. The minimum absolute atomic E-state index is 0.141. The molecule has 1 amide bonds. The molecule has 0 aromatic carbocycles. The summed E-state index contributed by atoms with van der Waals surface area (Å²) in [6.45, 7) is 1.63. The van der Waals surface area contributed by atoms with Crippen molar-refractivity contribution in [2.75, 3.05) is 13.1 Å². The Morgan fingerprint density at radius 3 is 3.16 bits per heavy atom. The van der Waals surface area contributed by atoms with Crippen LogP contribution in [0.15, 0.2) is 45.9 Å². The van der Waals surface area contributed by atoms with Crippen LogP contribution < -0.4 is 0 Å². The lowest BCUT2D eigenvalue weighted by atomic mass is 10.0. The highest BCUT2D eigenvalue weighted by Crippen LogP contribution is 2.24. The average Bonchev–Trinajstić information content (AvgIpc) is 3.41. The van der Waals surface area contributed by atoms with E-state index >= 15 is 0 Å². The fraction of sp³-hybridized carbons (Fsp3) is 0.333. The molecule has 3 aromatic rings. The summed E-state index contributed by atoms with van der Waals surface area (Å²) in [7, 11) is 0. The Hall–Kier alpha value is -2.54. The molecule has 4 heterocycles. The maximum Gasteiger partial charge on any atom is 0.259 e. The summed E-state index contributed by atoms with van der Waals surface area (Å²) in [6, 6.07) is 5.63. The number of thiophene rings is 1. The summed E-state index contributed by atoms with van der Waals surface area (Å²) < 4.78 is 5.31. The summed E-state index contributed by atoms with van der Waals surface area (Å²) in [5.41, 5.74) is 1.62. The normalized spacial score (nSPS) is 17.1. The smallest absolute Gasteiger partial charge is 0.259 e. The molecule has 4 rings (SSSR count). The number of hydrogen-bond donors (Lipinski definition) is 0. The van der Waals surface area contributed by atoms with Crippen molar-refractivity contribution >= 4 is 17.2 Å². The zero-order chi connectivity index (χ0) is 17.1. The van der Waals surface area contributed by atoms with Gasteiger partial charge < -0.3 is 9.42 Å². The average molecular weight is 354 g/mol. The molecule has 3 aromatic heterocycles. The lowest BCUT2D eigenvalue weighted by Gasteiger charge is -2.15. The molecule has 7 heteroatoms. The second-order valence-electron chi connectivity index (χ2n) is 6.21. The van der Waals surface area contributed by atoms with Gasteiger partial charge in [-0.2, -0.15) is 16.3 Å². The summed E-state index contributed by atoms with van der Waals surface area (Å²) in [5.74, 6) is 1.84. The van der Waals surface area contributed by atoms with E-state index in [9.17, 15) is 4.79 Å². The minimum Gasteiger partial charge on any atom is -0.338 e. The van der Waals surface area contributed by atoms with Crippen LogP contribution in [-0.2, 0) is 6.42 Å². The topological polar surface area (TPSA) is 72.1 Å². The number of carbonyl (C=O) groups is 1. The molecular formula is C18H18N4O2S. The van der Waals surface area contributed by atoms with Crippen LogP contribution in [0.25, 0.3) is 11.5 Å². The first-order valence-corrected chi connectivity index (χ1v) is 9.28. The first-order chi connectivity index (χ1) is 12.3. The first-order valence-electron chi connectivity index (χ1n) is 8.34. The van der Waals surface area contributed by atoms with Crippen molar-refractivity contribution in [2.45, 2.75) is 19.3 Å². The number of nitrogens with zero attached hydrogens (tertiary/aromatic N) is 4. The van der Waals surface area contributed by atoms with Gasteiger partial charge in [0, 0.05) is 37.3 Å². The third-order valence-corrected chi connectivity index (χ3v) is 5.18. The maximum atomic E-state index is 12.4. The van der Waals surface area contributed by atoms with Crippen molar-refractivity contribution in [3.63, 3.8) is 0 Å². The number of pyridine rings is 1. The number of aryl methyl sites for hydroxylation is 1. The lowest BCUT2D eigenvalue weighted by Crippen LogP contribution is -2.28.